The molecule has 2 N–H and O–H groups in total. The van der Waals surface area contributed by atoms with Gasteiger partial charge in [-0.15, -0.1) is 0 Å². The highest BCUT2D eigenvalue weighted by atomic mass is 16.5. The van der Waals surface area contributed by atoms with Crippen molar-refractivity contribution in [3.8, 4) is 5.75 Å². The minimum absolute atomic E-state index is 0.269. The number of nitrogens with zero attached hydrogens (tertiary/aromatic N) is 3. The van der Waals surface area contributed by atoms with E-state index in [1.165, 1.54) is 0 Å². The quantitative estimate of drug-likeness (QED) is 0.627. The number of para-hydroxylation sites is 1. The molecule has 1 aliphatic rings. The van der Waals surface area contributed by atoms with E-state index in [0.29, 0.717) is 25.5 Å². The number of rotatable bonds is 10. The third-order valence-corrected chi connectivity index (χ3v) is 4.44. The van der Waals surface area contributed by atoms with E-state index in [2.05, 4.69) is 20.6 Å². The fourth-order valence-electron chi connectivity index (χ4n) is 2.97. The number of ether oxygens (including phenoxy) is 1. The number of aromatic nitrogens is 2. The van der Waals surface area contributed by atoms with Crippen molar-refractivity contribution in [3.05, 3.63) is 42.1 Å². The zero-order chi connectivity index (χ0) is 18.9. The largest absolute Gasteiger partial charge is 0.492 e. The summed E-state index contributed by atoms with van der Waals surface area (Å²) in [5.74, 6) is 2.53. The van der Waals surface area contributed by atoms with Crippen LogP contribution in [0.1, 0.15) is 24.8 Å². The molecule has 0 atom stereocenters. The second-order valence-electron chi connectivity index (χ2n) is 6.58. The van der Waals surface area contributed by atoms with Crippen LogP contribution in [0.4, 0.5) is 11.8 Å². The van der Waals surface area contributed by atoms with Crippen molar-refractivity contribution in [1.82, 2.24) is 14.9 Å². The minimum Gasteiger partial charge on any atom is -0.492 e. The maximum Gasteiger partial charge on any atom is 0.224 e. The predicted octanol–water partition coefficient (Wildman–Crippen LogP) is 2.70. The fourth-order valence-corrected chi connectivity index (χ4v) is 2.97. The Morgan fingerprint density at radius 3 is 2.81 bits per heavy atom. The number of benzene rings is 1. The lowest BCUT2D eigenvalue weighted by atomic mass is 10.3. The van der Waals surface area contributed by atoms with E-state index >= 15 is 0 Å². The van der Waals surface area contributed by atoms with E-state index < -0.39 is 0 Å². The normalized spacial score (nSPS) is 13.7. The first kappa shape index (κ1) is 18.9. The summed E-state index contributed by atoms with van der Waals surface area (Å²) in [6.45, 7) is 5.61. The molecule has 7 heteroatoms. The first-order chi connectivity index (χ1) is 13.2. The van der Waals surface area contributed by atoms with Crippen LogP contribution in [0.3, 0.4) is 0 Å². The average molecular weight is 369 g/mol. The Bertz CT molecular complexity index is 738. The molecular weight excluding hydrogens is 342 g/mol. The average Bonchev–Trinajstić information content (AvgIpc) is 3.10. The van der Waals surface area contributed by atoms with Crippen LogP contribution in [0.5, 0.6) is 5.75 Å². The van der Waals surface area contributed by atoms with Gasteiger partial charge in [0.05, 0.1) is 6.54 Å². The molecular formula is C20H27N5O2. The van der Waals surface area contributed by atoms with Crippen molar-refractivity contribution in [3.63, 3.8) is 0 Å². The summed E-state index contributed by atoms with van der Waals surface area (Å²) >= 11 is 0. The molecule has 0 aliphatic carbocycles. The van der Waals surface area contributed by atoms with Crippen LogP contribution < -0.4 is 15.4 Å². The van der Waals surface area contributed by atoms with E-state index in [4.69, 9.17) is 4.74 Å². The molecule has 0 saturated carbocycles. The van der Waals surface area contributed by atoms with Gasteiger partial charge in [-0.25, -0.2) is 4.98 Å². The van der Waals surface area contributed by atoms with E-state index in [9.17, 15) is 4.79 Å². The van der Waals surface area contributed by atoms with Crippen LogP contribution in [-0.2, 0) is 4.79 Å². The molecule has 1 saturated heterocycles. The topological polar surface area (TPSA) is 79.4 Å². The van der Waals surface area contributed by atoms with Gasteiger partial charge in [-0.2, -0.15) is 4.98 Å². The van der Waals surface area contributed by atoms with Gasteiger partial charge in [0.2, 0.25) is 11.9 Å². The molecule has 1 aliphatic heterocycles. The van der Waals surface area contributed by atoms with Gasteiger partial charge in [-0.05, 0) is 31.9 Å². The molecule has 27 heavy (non-hydrogen) atoms. The van der Waals surface area contributed by atoms with E-state index in [0.717, 1.165) is 49.6 Å². The highest BCUT2D eigenvalue weighted by Gasteiger charge is 2.18. The SMILES string of the molecule is Cc1cnc(NCCCN2CCCC2=O)nc1NCCOc1ccccc1. The van der Waals surface area contributed by atoms with Crippen molar-refractivity contribution in [2.45, 2.75) is 26.2 Å². The number of anilines is 2. The van der Waals surface area contributed by atoms with Gasteiger partial charge in [0.1, 0.15) is 18.2 Å². The Labute approximate surface area is 160 Å². The summed E-state index contributed by atoms with van der Waals surface area (Å²) in [6.07, 6.45) is 4.37. The lowest BCUT2D eigenvalue weighted by molar-refractivity contribution is -0.127. The van der Waals surface area contributed by atoms with Gasteiger partial charge in [0.15, 0.2) is 0 Å². The second kappa shape index (κ2) is 9.75. The number of aryl methyl sites for hydroxylation is 1. The molecule has 1 fully saturated rings. The van der Waals surface area contributed by atoms with Gasteiger partial charge in [-0.1, -0.05) is 18.2 Å². The standard InChI is InChI=1S/C20H27N5O2/c1-16-15-23-20(22-10-6-13-25-12-5-9-18(25)26)24-19(16)21-11-14-27-17-7-3-2-4-8-17/h2-4,7-8,15H,5-6,9-14H2,1H3,(H2,21,22,23,24). The zero-order valence-corrected chi connectivity index (χ0v) is 15.8. The first-order valence-electron chi connectivity index (χ1n) is 9.49. The maximum absolute atomic E-state index is 11.6. The van der Waals surface area contributed by atoms with E-state index in [1.807, 2.05) is 42.2 Å². The molecule has 1 aromatic heterocycles. The molecule has 3 rings (SSSR count). The number of carbonyl (C=O) groups excluding carboxylic acids is 1. The molecule has 144 valence electrons. The van der Waals surface area contributed by atoms with Crippen LogP contribution in [0.2, 0.25) is 0 Å². The lowest BCUT2D eigenvalue weighted by Gasteiger charge is -2.15. The summed E-state index contributed by atoms with van der Waals surface area (Å²) in [4.78, 5) is 22.4. The number of nitrogens with one attached hydrogen (secondary N) is 2. The van der Waals surface area contributed by atoms with Crippen LogP contribution in [-0.4, -0.2) is 53.6 Å². The molecule has 0 radical (unpaired) electrons. The molecule has 0 spiro atoms. The van der Waals surface area contributed by atoms with Crippen LogP contribution in [0, 0.1) is 6.92 Å². The zero-order valence-electron chi connectivity index (χ0n) is 15.8. The maximum atomic E-state index is 11.6. The van der Waals surface area contributed by atoms with Crippen molar-refractivity contribution >= 4 is 17.7 Å². The molecule has 7 nitrogen and oxygen atoms in total. The second-order valence-corrected chi connectivity index (χ2v) is 6.58. The monoisotopic (exact) mass is 369 g/mol. The van der Waals surface area contributed by atoms with Crippen molar-refractivity contribution in [2.24, 2.45) is 0 Å². The molecule has 2 heterocycles. The van der Waals surface area contributed by atoms with Crippen molar-refractivity contribution < 1.29 is 9.53 Å². The highest BCUT2D eigenvalue weighted by Crippen LogP contribution is 2.13. The molecule has 1 aromatic carbocycles. The Morgan fingerprint density at radius 1 is 1.19 bits per heavy atom. The van der Waals surface area contributed by atoms with Gasteiger partial charge in [0, 0.05) is 37.8 Å². The summed E-state index contributed by atoms with van der Waals surface area (Å²) in [5, 5.41) is 6.53. The Balaban J connectivity index is 1.39. The van der Waals surface area contributed by atoms with Gasteiger partial charge < -0.3 is 20.3 Å². The Morgan fingerprint density at radius 2 is 2.04 bits per heavy atom. The number of carbonyl (C=O) groups is 1. The molecule has 0 bridgehead atoms. The third-order valence-electron chi connectivity index (χ3n) is 4.44. The van der Waals surface area contributed by atoms with Gasteiger partial charge in [-0.3, -0.25) is 4.79 Å². The minimum atomic E-state index is 0.269. The van der Waals surface area contributed by atoms with Crippen LogP contribution >= 0.6 is 0 Å². The van der Waals surface area contributed by atoms with Crippen molar-refractivity contribution in [2.75, 3.05) is 43.4 Å². The Kier molecular flexibility index (Phi) is 6.84. The highest BCUT2D eigenvalue weighted by molar-refractivity contribution is 5.78. The van der Waals surface area contributed by atoms with Crippen molar-refractivity contribution in [1.29, 1.82) is 0 Å². The first-order valence-corrected chi connectivity index (χ1v) is 9.49. The molecule has 1 amide bonds. The van der Waals surface area contributed by atoms with Crippen LogP contribution in [0.15, 0.2) is 36.5 Å². The number of hydrogen-bond acceptors (Lipinski definition) is 6. The number of hydrogen-bond donors (Lipinski definition) is 2. The van der Waals surface area contributed by atoms with Gasteiger partial charge >= 0.3 is 0 Å². The third kappa shape index (κ3) is 5.84. The fraction of sp³-hybridized carbons (Fsp3) is 0.450. The number of likely N-dealkylation sites (tertiary alicyclic amines) is 1. The van der Waals surface area contributed by atoms with Gasteiger partial charge in [0.25, 0.3) is 0 Å². The predicted molar refractivity (Wildman–Crippen MR) is 106 cm³/mol. The Hall–Kier alpha value is -2.83. The summed E-state index contributed by atoms with van der Waals surface area (Å²) in [5.41, 5.74) is 0.989. The summed E-state index contributed by atoms with van der Waals surface area (Å²) < 4.78 is 5.68. The van der Waals surface area contributed by atoms with E-state index in [1.54, 1.807) is 6.20 Å². The molecule has 0 unspecified atom stereocenters. The van der Waals surface area contributed by atoms with E-state index in [-0.39, 0.29) is 5.91 Å². The van der Waals surface area contributed by atoms with Crippen LogP contribution in [0.25, 0.3) is 0 Å². The summed E-state index contributed by atoms with van der Waals surface area (Å²) in [6, 6.07) is 9.75. The smallest absolute Gasteiger partial charge is 0.224 e. The lowest BCUT2D eigenvalue weighted by Crippen LogP contribution is -2.27. The molecule has 2 aromatic rings. The number of amides is 1. The summed E-state index contributed by atoms with van der Waals surface area (Å²) in [7, 11) is 0.